The summed E-state index contributed by atoms with van der Waals surface area (Å²) in [4.78, 5) is -0.669. The van der Waals surface area contributed by atoms with Gasteiger partial charge >= 0.3 is 0 Å². The maximum atomic E-state index is 13.9. The lowest BCUT2D eigenvalue weighted by Gasteiger charge is -2.14. The molecule has 0 aliphatic heterocycles. The van der Waals surface area contributed by atoms with Crippen LogP contribution in [0.1, 0.15) is 5.56 Å². The Labute approximate surface area is 135 Å². The second kappa shape index (κ2) is 6.21. The summed E-state index contributed by atoms with van der Waals surface area (Å²) in [6.45, 7) is 1.77. The van der Waals surface area contributed by atoms with Gasteiger partial charge in [0.15, 0.2) is 0 Å². The van der Waals surface area contributed by atoms with E-state index in [1.165, 1.54) is 7.11 Å². The molecule has 0 aromatic heterocycles. The Morgan fingerprint density at radius 1 is 1.18 bits per heavy atom. The molecular weight excluding hydrogens is 380 g/mol. The van der Waals surface area contributed by atoms with Crippen LogP contribution in [0, 0.1) is 18.6 Å². The number of aryl methyl sites for hydroxylation is 1. The molecule has 0 bridgehead atoms. The molecule has 0 unspecified atom stereocenters. The number of nitrogens with one attached hydrogen (secondary N) is 1. The summed E-state index contributed by atoms with van der Waals surface area (Å²) >= 11 is 2.87. The van der Waals surface area contributed by atoms with Gasteiger partial charge in [-0.15, -0.1) is 0 Å². The molecule has 0 saturated heterocycles. The third kappa shape index (κ3) is 3.38. The van der Waals surface area contributed by atoms with E-state index in [2.05, 4.69) is 20.7 Å². The van der Waals surface area contributed by atoms with E-state index in [1.54, 1.807) is 25.1 Å². The first-order valence-corrected chi connectivity index (χ1v) is 8.34. The van der Waals surface area contributed by atoms with Crippen molar-refractivity contribution in [1.29, 1.82) is 0 Å². The Kier molecular flexibility index (Phi) is 4.72. The molecule has 0 amide bonds. The molecule has 2 aromatic carbocycles. The van der Waals surface area contributed by atoms with Crippen molar-refractivity contribution < 1.29 is 21.9 Å². The fourth-order valence-corrected chi connectivity index (χ4v) is 4.11. The molecule has 0 saturated carbocycles. The maximum Gasteiger partial charge on any atom is 0.266 e. The predicted octanol–water partition coefficient (Wildman–Crippen LogP) is 3.85. The van der Waals surface area contributed by atoms with Gasteiger partial charge in [0.25, 0.3) is 10.0 Å². The molecule has 0 heterocycles. The first-order chi connectivity index (χ1) is 10.2. The minimum absolute atomic E-state index is 0.165. The summed E-state index contributed by atoms with van der Waals surface area (Å²) in [6.07, 6.45) is 0. The first-order valence-electron chi connectivity index (χ1n) is 6.06. The van der Waals surface area contributed by atoms with Gasteiger partial charge in [-0.2, -0.15) is 0 Å². The second-order valence-corrected chi connectivity index (χ2v) is 6.98. The van der Waals surface area contributed by atoms with E-state index in [0.717, 1.165) is 11.6 Å². The standard InChI is InChI=1S/C14H12BrF2NO3S/c1-8-3-4-13(21-2)12(5-8)18-22(19,20)14-10(15)6-9(16)7-11(14)17/h3-7,18H,1-2H3. The SMILES string of the molecule is COc1ccc(C)cc1NS(=O)(=O)c1c(F)cc(F)cc1Br. The van der Waals surface area contributed by atoms with Crippen LogP contribution in [-0.2, 0) is 10.0 Å². The minimum atomic E-state index is -4.26. The van der Waals surface area contributed by atoms with E-state index in [0.29, 0.717) is 6.07 Å². The Hall–Kier alpha value is -1.67. The molecule has 0 atom stereocenters. The van der Waals surface area contributed by atoms with Crippen LogP contribution in [0.2, 0.25) is 0 Å². The van der Waals surface area contributed by atoms with Gasteiger partial charge in [0.2, 0.25) is 0 Å². The van der Waals surface area contributed by atoms with Crippen molar-refractivity contribution >= 4 is 31.6 Å². The van der Waals surface area contributed by atoms with Crippen LogP contribution >= 0.6 is 15.9 Å². The molecule has 0 aliphatic rings. The number of benzene rings is 2. The number of anilines is 1. The smallest absolute Gasteiger partial charge is 0.266 e. The molecule has 0 fully saturated rings. The van der Waals surface area contributed by atoms with Gasteiger partial charge in [-0.25, -0.2) is 17.2 Å². The average Bonchev–Trinajstić information content (AvgIpc) is 2.36. The van der Waals surface area contributed by atoms with Crippen molar-refractivity contribution in [3.63, 3.8) is 0 Å². The predicted molar refractivity (Wildman–Crippen MR) is 82.6 cm³/mol. The van der Waals surface area contributed by atoms with Gasteiger partial charge in [0, 0.05) is 10.5 Å². The van der Waals surface area contributed by atoms with Crippen LogP contribution in [0.25, 0.3) is 0 Å². The van der Waals surface area contributed by atoms with Gasteiger partial charge < -0.3 is 4.74 Å². The Balaban J connectivity index is 2.52. The highest BCUT2D eigenvalue weighted by Crippen LogP contribution is 2.31. The summed E-state index contributed by atoms with van der Waals surface area (Å²) in [6, 6.07) is 6.26. The molecular formula is C14H12BrF2NO3S. The number of methoxy groups -OCH3 is 1. The highest BCUT2D eigenvalue weighted by molar-refractivity contribution is 9.10. The van der Waals surface area contributed by atoms with E-state index in [-0.39, 0.29) is 15.9 Å². The number of hydrogen-bond acceptors (Lipinski definition) is 3. The minimum Gasteiger partial charge on any atom is -0.495 e. The molecule has 2 aromatic rings. The fourth-order valence-electron chi connectivity index (χ4n) is 1.88. The third-order valence-electron chi connectivity index (χ3n) is 2.83. The van der Waals surface area contributed by atoms with Crippen LogP contribution in [0.15, 0.2) is 39.7 Å². The van der Waals surface area contributed by atoms with Gasteiger partial charge in [0.1, 0.15) is 22.3 Å². The van der Waals surface area contributed by atoms with E-state index in [9.17, 15) is 17.2 Å². The van der Waals surface area contributed by atoms with Crippen molar-refractivity contribution in [3.05, 3.63) is 52.0 Å². The topological polar surface area (TPSA) is 55.4 Å². The Morgan fingerprint density at radius 3 is 2.45 bits per heavy atom. The highest BCUT2D eigenvalue weighted by Gasteiger charge is 2.25. The van der Waals surface area contributed by atoms with E-state index in [1.807, 2.05) is 0 Å². The molecule has 8 heteroatoms. The van der Waals surface area contributed by atoms with Gasteiger partial charge in [0.05, 0.1) is 12.8 Å². The lowest BCUT2D eigenvalue weighted by Crippen LogP contribution is -2.16. The zero-order valence-corrected chi connectivity index (χ0v) is 14.1. The van der Waals surface area contributed by atoms with Crippen LogP contribution in [0.3, 0.4) is 0 Å². The van der Waals surface area contributed by atoms with E-state index in [4.69, 9.17) is 4.74 Å². The van der Waals surface area contributed by atoms with Gasteiger partial charge in [-0.1, -0.05) is 6.07 Å². The molecule has 4 nitrogen and oxygen atoms in total. The lowest BCUT2D eigenvalue weighted by atomic mass is 10.2. The van der Waals surface area contributed by atoms with E-state index >= 15 is 0 Å². The molecule has 0 spiro atoms. The first kappa shape index (κ1) is 16.7. The average molecular weight is 392 g/mol. The number of hydrogen-bond donors (Lipinski definition) is 1. The van der Waals surface area contributed by atoms with Gasteiger partial charge in [-0.3, -0.25) is 4.72 Å². The highest BCUT2D eigenvalue weighted by atomic mass is 79.9. The number of ether oxygens (including phenoxy) is 1. The zero-order chi connectivity index (χ0) is 16.5. The van der Waals surface area contributed by atoms with Crippen LogP contribution < -0.4 is 9.46 Å². The zero-order valence-electron chi connectivity index (χ0n) is 11.7. The number of sulfonamides is 1. The molecule has 2 rings (SSSR count). The molecule has 1 N–H and O–H groups in total. The summed E-state index contributed by atoms with van der Waals surface area (Å²) in [5.74, 6) is -1.78. The van der Waals surface area contributed by atoms with Crippen LogP contribution in [0.5, 0.6) is 5.75 Å². The van der Waals surface area contributed by atoms with Gasteiger partial charge in [-0.05, 0) is 46.6 Å². The summed E-state index contributed by atoms with van der Waals surface area (Å²) in [5, 5.41) is 0. The molecule has 0 radical (unpaired) electrons. The summed E-state index contributed by atoms with van der Waals surface area (Å²) in [7, 11) is -2.87. The fraction of sp³-hybridized carbons (Fsp3) is 0.143. The van der Waals surface area contributed by atoms with Crippen molar-refractivity contribution in [1.82, 2.24) is 0 Å². The normalized spacial score (nSPS) is 11.3. The maximum absolute atomic E-state index is 13.9. The van der Waals surface area contributed by atoms with E-state index < -0.39 is 26.6 Å². The molecule has 118 valence electrons. The van der Waals surface area contributed by atoms with Crippen molar-refractivity contribution in [3.8, 4) is 5.75 Å². The monoisotopic (exact) mass is 391 g/mol. The quantitative estimate of drug-likeness (QED) is 0.860. The number of rotatable bonds is 4. The molecule has 0 aliphatic carbocycles. The second-order valence-electron chi connectivity index (χ2n) is 4.51. The largest absolute Gasteiger partial charge is 0.495 e. The third-order valence-corrected chi connectivity index (χ3v) is 5.16. The summed E-state index contributed by atoms with van der Waals surface area (Å²) < 4.78 is 58.8. The van der Waals surface area contributed by atoms with Crippen molar-refractivity contribution in [2.45, 2.75) is 11.8 Å². The van der Waals surface area contributed by atoms with Crippen molar-refractivity contribution in [2.24, 2.45) is 0 Å². The van der Waals surface area contributed by atoms with Crippen molar-refractivity contribution in [2.75, 3.05) is 11.8 Å². The Morgan fingerprint density at radius 2 is 1.86 bits per heavy atom. The summed E-state index contributed by atoms with van der Waals surface area (Å²) in [5.41, 5.74) is 0.954. The Bertz CT molecular complexity index is 802. The molecule has 22 heavy (non-hydrogen) atoms. The van der Waals surface area contributed by atoms with Crippen LogP contribution in [0.4, 0.5) is 14.5 Å². The number of halogens is 3. The lowest BCUT2D eigenvalue weighted by molar-refractivity contribution is 0.416. The van der Waals surface area contributed by atoms with Crippen LogP contribution in [-0.4, -0.2) is 15.5 Å².